The number of aliphatic hydroxyl groups excluding tert-OH is 1. The lowest BCUT2D eigenvalue weighted by molar-refractivity contribution is -0.0667. The Labute approximate surface area is 173 Å². The number of rotatable bonds is 6. The maximum Gasteiger partial charge on any atom is 0.330 e. The summed E-state index contributed by atoms with van der Waals surface area (Å²) in [5.74, 6) is 0. The number of hydrogen-bond donors (Lipinski definition) is 2. The van der Waals surface area contributed by atoms with Gasteiger partial charge in [0.2, 0.25) is 0 Å². The van der Waals surface area contributed by atoms with Crippen molar-refractivity contribution in [2.75, 3.05) is 6.61 Å². The third kappa shape index (κ3) is 4.43. The number of nitrogens with zero attached hydrogens (tertiary/aromatic N) is 1. The van der Waals surface area contributed by atoms with E-state index in [0.29, 0.717) is 12.2 Å². The molecule has 30 heavy (non-hydrogen) atoms. The van der Waals surface area contributed by atoms with Gasteiger partial charge in [-0.3, -0.25) is 14.3 Å². The van der Waals surface area contributed by atoms with Crippen LogP contribution in [0.15, 0.2) is 70.4 Å². The number of H-pyrrole nitrogens is 1. The van der Waals surface area contributed by atoms with Crippen molar-refractivity contribution in [2.24, 2.45) is 0 Å². The molecular formula is C23H24N2O5. The molecule has 2 aromatic carbocycles. The summed E-state index contributed by atoms with van der Waals surface area (Å²) < 4.78 is 12.9. The molecule has 2 N–H and O–H groups in total. The quantitative estimate of drug-likeness (QED) is 0.653. The maximum absolute atomic E-state index is 12.0. The molecule has 7 heteroatoms. The average Bonchev–Trinajstić information content (AvgIpc) is 3.12. The van der Waals surface area contributed by atoms with Crippen molar-refractivity contribution in [1.82, 2.24) is 9.55 Å². The van der Waals surface area contributed by atoms with E-state index in [4.69, 9.17) is 9.47 Å². The van der Waals surface area contributed by atoms with Gasteiger partial charge < -0.3 is 14.6 Å². The van der Waals surface area contributed by atoms with Crippen molar-refractivity contribution in [3.8, 4) is 11.1 Å². The van der Waals surface area contributed by atoms with Crippen LogP contribution in [0.25, 0.3) is 11.1 Å². The number of aliphatic hydroxyl groups is 1. The Bertz CT molecular complexity index is 1100. The Morgan fingerprint density at radius 3 is 2.53 bits per heavy atom. The lowest BCUT2D eigenvalue weighted by atomic mass is 10.0. The summed E-state index contributed by atoms with van der Waals surface area (Å²) in [7, 11) is 0. The summed E-state index contributed by atoms with van der Waals surface area (Å²) in [4.78, 5) is 25.8. The van der Waals surface area contributed by atoms with Gasteiger partial charge in [-0.25, -0.2) is 4.79 Å². The Morgan fingerprint density at radius 2 is 1.80 bits per heavy atom. The van der Waals surface area contributed by atoms with Crippen LogP contribution in [0.4, 0.5) is 0 Å². The molecule has 1 aromatic heterocycles. The van der Waals surface area contributed by atoms with E-state index >= 15 is 0 Å². The predicted molar refractivity (Wildman–Crippen MR) is 112 cm³/mol. The SMILES string of the molecule is Cc1cn([C@H]2C[C@H](O)[C@@H](COCc3ccc(-c4ccccc4)cc3)O2)c(=O)[nH]c1=O. The molecule has 1 fully saturated rings. The third-order valence-electron chi connectivity index (χ3n) is 5.27. The number of ether oxygens (including phenoxy) is 2. The largest absolute Gasteiger partial charge is 0.390 e. The van der Waals surface area contributed by atoms with Crippen molar-refractivity contribution in [2.45, 2.75) is 38.4 Å². The zero-order valence-electron chi connectivity index (χ0n) is 16.7. The predicted octanol–water partition coefficient (Wildman–Crippen LogP) is 2.38. The lowest BCUT2D eigenvalue weighted by Gasteiger charge is -2.16. The van der Waals surface area contributed by atoms with Gasteiger partial charge in [0, 0.05) is 18.2 Å². The normalized spacial score (nSPS) is 21.1. The molecule has 7 nitrogen and oxygen atoms in total. The van der Waals surface area contributed by atoms with Crippen LogP contribution in [0, 0.1) is 6.92 Å². The number of aromatic nitrogens is 2. The molecule has 1 aliphatic heterocycles. The first-order valence-electron chi connectivity index (χ1n) is 9.89. The van der Waals surface area contributed by atoms with E-state index in [1.165, 1.54) is 10.8 Å². The van der Waals surface area contributed by atoms with Gasteiger partial charge in [0.25, 0.3) is 5.56 Å². The summed E-state index contributed by atoms with van der Waals surface area (Å²) in [6, 6.07) is 18.3. The Balaban J connectivity index is 1.33. The summed E-state index contributed by atoms with van der Waals surface area (Å²) in [5.41, 5.74) is 2.75. The number of aromatic amines is 1. The zero-order chi connectivity index (χ0) is 21.1. The van der Waals surface area contributed by atoms with E-state index in [9.17, 15) is 14.7 Å². The van der Waals surface area contributed by atoms with Crippen molar-refractivity contribution in [3.63, 3.8) is 0 Å². The van der Waals surface area contributed by atoms with E-state index in [1.54, 1.807) is 6.92 Å². The smallest absolute Gasteiger partial charge is 0.330 e. The zero-order valence-corrected chi connectivity index (χ0v) is 16.7. The molecule has 0 amide bonds. The van der Waals surface area contributed by atoms with Crippen molar-refractivity contribution < 1.29 is 14.6 Å². The number of aryl methyl sites for hydroxylation is 1. The first-order chi connectivity index (χ1) is 14.5. The van der Waals surface area contributed by atoms with Gasteiger partial charge in [-0.05, 0) is 23.6 Å². The summed E-state index contributed by atoms with van der Waals surface area (Å²) in [6.07, 6.45) is -0.226. The highest BCUT2D eigenvalue weighted by molar-refractivity contribution is 5.63. The lowest BCUT2D eigenvalue weighted by Crippen LogP contribution is -2.33. The second-order valence-electron chi connectivity index (χ2n) is 7.49. The second kappa shape index (κ2) is 8.79. The number of benzene rings is 2. The van der Waals surface area contributed by atoms with Crippen molar-refractivity contribution >= 4 is 0 Å². The number of hydrogen-bond acceptors (Lipinski definition) is 5. The molecule has 4 rings (SSSR count). The molecule has 156 valence electrons. The highest BCUT2D eigenvalue weighted by Crippen LogP contribution is 2.28. The molecule has 1 aliphatic rings. The summed E-state index contributed by atoms with van der Waals surface area (Å²) in [5, 5.41) is 10.3. The van der Waals surface area contributed by atoms with Crippen LogP contribution in [-0.2, 0) is 16.1 Å². The van der Waals surface area contributed by atoms with Gasteiger partial charge in [0.1, 0.15) is 12.3 Å². The highest BCUT2D eigenvalue weighted by atomic mass is 16.6. The first kappa shape index (κ1) is 20.3. The van der Waals surface area contributed by atoms with Crippen LogP contribution in [0.5, 0.6) is 0 Å². The van der Waals surface area contributed by atoms with Gasteiger partial charge >= 0.3 is 5.69 Å². The second-order valence-corrected chi connectivity index (χ2v) is 7.49. The number of nitrogens with one attached hydrogen (secondary N) is 1. The van der Waals surface area contributed by atoms with Crippen LogP contribution in [0.3, 0.4) is 0 Å². The minimum atomic E-state index is -0.755. The molecule has 0 saturated carbocycles. The van der Waals surface area contributed by atoms with Gasteiger partial charge in [0.05, 0.1) is 19.3 Å². The third-order valence-corrected chi connectivity index (χ3v) is 5.27. The van der Waals surface area contributed by atoms with E-state index in [1.807, 2.05) is 30.3 Å². The van der Waals surface area contributed by atoms with Gasteiger partial charge in [-0.15, -0.1) is 0 Å². The first-order valence-corrected chi connectivity index (χ1v) is 9.89. The molecular weight excluding hydrogens is 384 g/mol. The fourth-order valence-electron chi connectivity index (χ4n) is 3.55. The minimum absolute atomic E-state index is 0.204. The molecule has 3 atom stereocenters. The molecule has 2 heterocycles. The molecule has 0 spiro atoms. The van der Waals surface area contributed by atoms with E-state index in [2.05, 4.69) is 29.2 Å². The van der Waals surface area contributed by atoms with Crippen molar-refractivity contribution in [3.05, 3.63) is 92.8 Å². The minimum Gasteiger partial charge on any atom is -0.390 e. The molecule has 3 aromatic rings. The molecule has 0 unspecified atom stereocenters. The molecule has 0 radical (unpaired) electrons. The molecule has 0 bridgehead atoms. The maximum atomic E-state index is 12.0. The fourth-order valence-corrected chi connectivity index (χ4v) is 3.55. The standard InChI is InChI=1S/C23H24N2O5/c1-15-12-25(23(28)24-22(15)27)21-11-19(26)20(30-21)14-29-13-16-7-9-18(10-8-16)17-5-3-2-4-6-17/h2-10,12,19-21,26H,11,13-14H2,1H3,(H,24,27,28)/t19-,20+,21+/m0/s1. The molecule has 1 saturated heterocycles. The summed E-state index contributed by atoms with van der Waals surface area (Å²) in [6.45, 7) is 2.21. The topological polar surface area (TPSA) is 93.6 Å². The van der Waals surface area contributed by atoms with Crippen LogP contribution in [-0.4, -0.2) is 33.5 Å². The van der Waals surface area contributed by atoms with Crippen LogP contribution in [0.1, 0.15) is 23.8 Å². The van der Waals surface area contributed by atoms with E-state index in [-0.39, 0.29) is 13.0 Å². The van der Waals surface area contributed by atoms with Gasteiger partial charge in [-0.2, -0.15) is 0 Å². The van der Waals surface area contributed by atoms with Gasteiger partial charge in [0.15, 0.2) is 0 Å². The Hall–Kier alpha value is -3.00. The van der Waals surface area contributed by atoms with Crippen LogP contribution in [0.2, 0.25) is 0 Å². The average molecular weight is 408 g/mol. The monoisotopic (exact) mass is 408 g/mol. The van der Waals surface area contributed by atoms with E-state index < -0.39 is 29.7 Å². The fraction of sp³-hybridized carbons (Fsp3) is 0.304. The highest BCUT2D eigenvalue weighted by Gasteiger charge is 2.35. The van der Waals surface area contributed by atoms with Gasteiger partial charge in [-0.1, -0.05) is 54.6 Å². The Kier molecular flexibility index (Phi) is 5.94. The Morgan fingerprint density at radius 1 is 1.10 bits per heavy atom. The van der Waals surface area contributed by atoms with E-state index in [0.717, 1.165) is 16.7 Å². The summed E-state index contributed by atoms with van der Waals surface area (Å²) >= 11 is 0. The van der Waals surface area contributed by atoms with Crippen LogP contribution < -0.4 is 11.2 Å². The van der Waals surface area contributed by atoms with Crippen LogP contribution >= 0.6 is 0 Å². The van der Waals surface area contributed by atoms with Crippen molar-refractivity contribution in [1.29, 1.82) is 0 Å². The molecule has 0 aliphatic carbocycles.